The summed E-state index contributed by atoms with van der Waals surface area (Å²) >= 11 is 0. The molecule has 6 fully saturated rings. The van der Waals surface area contributed by atoms with Gasteiger partial charge in [-0.25, -0.2) is 0 Å². The Bertz CT molecular complexity index is 1140. The molecule has 2 bridgehead atoms. The fraction of sp³-hybridized carbons (Fsp3) is 0.897. The Morgan fingerprint density at radius 1 is 0.830 bits per heavy atom. The van der Waals surface area contributed by atoms with E-state index in [0.717, 1.165) is 70.1 Å². The van der Waals surface area contributed by atoms with Crippen LogP contribution in [0, 0.1) is 58.2 Å². The van der Waals surface area contributed by atoms with E-state index in [2.05, 4.69) is 27.7 Å². The summed E-state index contributed by atoms with van der Waals surface area (Å²) in [6.45, 7) is 11.2. The smallest absolute Gasteiger partial charge is 0.293 e. The first-order chi connectivity index (χ1) is 22.6. The Morgan fingerprint density at radius 2 is 1.62 bits per heavy atom. The summed E-state index contributed by atoms with van der Waals surface area (Å²) in [4.78, 5) is 48.3. The van der Waals surface area contributed by atoms with Gasteiger partial charge in [0.15, 0.2) is 5.78 Å². The van der Waals surface area contributed by atoms with Crippen LogP contribution in [0.25, 0.3) is 0 Å². The van der Waals surface area contributed by atoms with Crippen molar-refractivity contribution in [2.24, 2.45) is 58.2 Å². The van der Waals surface area contributed by atoms with Crippen LogP contribution in [0.5, 0.6) is 0 Å². The predicted molar refractivity (Wildman–Crippen MR) is 176 cm³/mol. The van der Waals surface area contributed by atoms with Gasteiger partial charge in [-0.3, -0.25) is 19.2 Å². The molecule has 14 atom stereocenters. The van der Waals surface area contributed by atoms with Crippen molar-refractivity contribution in [2.75, 3.05) is 6.61 Å². The quantitative estimate of drug-likeness (QED) is 0.142. The van der Waals surface area contributed by atoms with E-state index in [4.69, 9.17) is 18.9 Å². The summed E-state index contributed by atoms with van der Waals surface area (Å²) in [5.74, 6) is 3.16. The third-order valence-corrected chi connectivity index (χ3v) is 15.6. The predicted octanol–water partition coefficient (Wildman–Crippen LogP) is 7.24. The Hall–Kier alpha value is -1.96. The number of ketones is 1. The van der Waals surface area contributed by atoms with Crippen LogP contribution >= 0.6 is 0 Å². The summed E-state index contributed by atoms with van der Waals surface area (Å²) in [5, 5.41) is 0. The van der Waals surface area contributed by atoms with E-state index in [1.165, 1.54) is 32.1 Å². The van der Waals surface area contributed by atoms with E-state index in [1.807, 2.05) is 0 Å². The molecular formula is C39H60O8. The highest BCUT2D eigenvalue weighted by Gasteiger charge is 2.67. The SMILES string of the molecule is CC[C@]1(OCC(=O)CC[C@@H](C)[C@H]2CC[C@H]3[C@@H]4[C@H](OC=O)C[C@@H]5C[C@H](OC=O)CC[C@]5(C)[C@H]4C[C@H](OC=O)[C@]23C)CC[C@H]2CCC[C@@H]1C2. The zero-order valence-corrected chi connectivity index (χ0v) is 29.4. The van der Waals surface area contributed by atoms with Gasteiger partial charge in [0.1, 0.15) is 24.9 Å². The van der Waals surface area contributed by atoms with E-state index in [9.17, 15) is 19.2 Å². The number of Topliss-reactive ketones (excluding diaryl/α,β-unsaturated/α-hetero) is 1. The van der Waals surface area contributed by atoms with Gasteiger partial charge in [0.2, 0.25) is 0 Å². The summed E-state index contributed by atoms with van der Waals surface area (Å²) in [6, 6.07) is 0. The zero-order valence-electron chi connectivity index (χ0n) is 29.4. The minimum atomic E-state index is -0.265. The number of ether oxygens (including phenoxy) is 4. The minimum absolute atomic E-state index is 0.00910. The van der Waals surface area contributed by atoms with Crippen molar-refractivity contribution < 1.29 is 38.1 Å². The normalized spacial score (nSPS) is 46.1. The van der Waals surface area contributed by atoms with Crippen LogP contribution < -0.4 is 0 Å². The number of carbonyl (C=O) groups is 4. The van der Waals surface area contributed by atoms with Crippen molar-refractivity contribution in [2.45, 2.75) is 154 Å². The van der Waals surface area contributed by atoms with Crippen LogP contribution in [-0.2, 0) is 38.1 Å². The summed E-state index contributed by atoms with van der Waals surface area (Å²) in [7, 11) is 0. The fourth-order valence-electron chi connectivity index (χ4n) is 13.1. The van der Waals surface area contributed by atoms with Gasteiger partial charge >= 0.3 is 0 Å². The molecule has 0 aromatic rings. The Morgan fingerprint density at radius 3 is 2.36 bits per heavy atom. The van der Waals surface area contributed by atoms with Gasteiger partial charge in [0, 0.05) is 17.8 Å². The molecule has 0 aromatic heterocycles. The van der Waals surface area contributed by atoms with Crippen LogP contribution in [-0.4, -0.2) is 55.7 Å². The van der Waals surface area contributed by atoms with Crippen LogP contribution in [0.15, 0.2) is 0 Å². The first kappa shape index (κ1) is 34.9. The second-order valence-electron chi connectivity index (χ2n) is 17.2. The largest absolute Gasteiger partial charge is 0.465 e. The van der Waals surface area contributed by atoms with Crippen LogP contribution in [0.1, 0.15) is 130 Å². The first-order valence-electron chi connectivity index (χ1n) is 19.1. The van der Waals surface area contributed by atoms with E-state index < -0.39 is 0 Å². The molecule has 0 aromatic carbocycles. The topological polar surface area (TPSA) is 105 Å². The lowest BCUT2D eigenvalue weighted by molar-refractivity contribution is -0.218. The van der Waals surface area contributed by atoms with Crippen molar-refractivity contribution in [1.29, 1.82) is 0 Å². The van der Waals surface area contributed by atoms with Gasteiger partial charge in [-0.1, -0.05) is 40.5 Å². The summed E-state index contributed by atoms with van der Waals surface area (Å²) in [5.41, 5.74) is -0.401. The molecule has 8 heteroatoms. The van der Waals surface area contributed by atoms with Crippen LogP contribution in [0.3, 0.4) is 0 Å². The Labute approximate surface area is 282 Å². The van der Waals surface area contributed by atoms with Gasteiger partial charge < -0.3 is 18.9 Å². The lowest BCUT2D eigenvalue weighted by Gasteiger charge is -2.64. The van der Waals surface area contributed by atoms with Gasteiger partial charge in [-0.05, 0) is 130 Å². The van der Waals surface area contributed by atoms with E-state index >= 15 is 0 Å². The van der Waals surface area contributed by atoms with Gasteiger partial charge in [-0.2, -0.15) is 0 Å². The molecule has 0 N–H and O–H groups in total. The Kier molecular flexibility index (Phi) is 10.5. The number of carbonyl (C=O) groups excluding carboxylic acids is 4. The maximum atomic E-state index is 13.3. The average molecular weight is 657 g/mol. The third kappa shape index (κ3) is 6.20. The van der Waals surface area contributed by atoms with E-state index in [1.54, 1.807) is 0 Å². The highest BCUT2D eigenvalue weighted by Crippen LogP contribution is 2.69. The number of hydrogen-bond donors (Lipinski definition) is 0. The highest BCUT2D eigenvalue weighted by molar-refractivity contribution is 5.79. The van der Waals surface area contributed by atoms with E-state index in [-0.39, 0.29) is 76.7 Å². The molecule has 0 radical (unpaired) electrons. The molecule has 0 spiro atoms. The fourth-order valence-corrected chi connectivity index (χ4v) is 13.1. The van der Waals surface area contributed by atoms with Crippen molar-refractivity contribution in [3.63, 3.8) is 0 Å². The van der Waals surface area contributed by atoms with Crippen molar-refractivity contribution in [3.05, 3.63) is 0 Å². The number of hydrogen-bond acceptors (Lipinski definition) is 8. The number of fused-ring (bicyclic) bond motifs is 7. The molecule has 8 nitrogen and oxygen atoms in total. The van der Waals surface area contributed by atoms with Gasteiger partial charge in [-0.15, -0.1) is 0 Å². The first-order valence-corrected chi connectivity index (χ1v) is 19.1. The minimum Gasteiger partial charge on any atom is -0.465 e. The molecule has 0 saturated heterocycles. The maximum absolute atomic E-state index is 13.3. The van der Waals surface area contributed by atoms with Gasteiger partial charge in [0.05, 0.1) is 5.60 Å². The average Bonchev–Trinajstić information content (AvgIpc) is 3.43. The molecule has 0 heterocycles. The molecule has 264 valence electrons. The molecule has 0 amide bonds. The lowest BCUT2D eigenvalue weighted by atomic mass is 9.43. The maximum Gasteiger partial charge on any atom is 0.293 e. The monoisotopic (exact) mass is 656 g/mol. The molecule has 47 heavy (non-hydrogen) atoms. The number of rotatable bonds is 14. The summed E-state index contributed by atoms with van der Waals surface area (Å²) in [6.07, 6.45) is 15.3. The second kappa shape index (κ2) is 14.1. The van der Waals surface area contributed by atoms with Gasteiger partial charge in [0.25, 0.3) is 19.4 Å². The molecular weight excluding hydrogens is 596 g/mol. The van der Waals surface area contributed by atoms with Crippen LogP contribution in [0.2, 0.25) is 0 Å². The summed E-state index contributed by atoms with van der Waals surface area (Å²) < 4.78 is 24.0. The van der Waals surface area contributed by atoms with Crippen molar-refractivity contribution >= 4 is 25.2 Å². The van der Waals surface area contributed by atoms with Crippen LogP contribution in [0.4, 0.5) is 0 Å². The van der Waals surface area contributed by atoms with E-state index in [0.29, 0.717) is 37.7 Å². The highest BCUT2D eigenvalue weighted by atomic mass is 16.5. The van der Waals surface area contributed by atoms with Crippen molar-refractivity contribution in [3.8, 4) is 0 Å². The lowest BCUT2D eigenvalue weighted by Crippen LogP contribution is -2.63. The third-order valence-electron chi connectivity index (χ3n) is 15.6. The zero-order chi connectivity index (χ0) is 33.4. The standard InChI is InChI=1S/C39H60O8/c1-5-39(16-13-26-7-6-8-27(39)17-26)47-21-29(43)10-9-25(2)31-11-12-32-36-33(20-35(46-24-42)38(31,32)4)37(3)15-14-30(44-22-40)18-28(37)19-34(36)45-23-41/h22-28,30-36H,5-21H2,1-4H3/t25-,26-,27-,28+,30-,31-,32+,33+,34-,35+,36+,37+,38-,39+/m1/s1. The Balaban J connectivity index is 1.14. The molecule has 0 aliphatic heterocycles. The molecule has 6 saturated carbocycles. The second-order valence-corrected chi connectivity index (χ2v) is 17.2. The molecule has 6 aliphatic carbocycles. The van der Waals surface area contributed by atoms with Crippen molar-refractivity contribution in [1.82, 2.24) is 0 Å². The molecule has 0 unspecified atom stereocenters. The molecule has 6 rings (SSSR count). The molecule has 6 aliphatic rings.